The Bertz CT molecular complexity index is 1100. The number of alkyl halides is 3. The van der Waals surface area contributed by atoms with Crippen LogP contribution in [0.3, 0.4) is 0 Å². The Balaban J connectivity index is 1.42. The molecule has 208 valence electrons. The molecule has 0 unspecified atom stereocenters. The summed E-state index contributed by atoms with van der Waals surface area (Å²) in [5.74, 6) is -1.79. The van der Waals surface area contributed by atoms with Crippen LogP contribution in [0.4, 0.5) is 28.9 Å². The highest BCUT2D eigenvalue weighted by molar-refractivity contribution is 5.69. The van der Waals surface area contributed by atoms with Gasteiger partial charge in [-0.1, -0.05) is 0 Å². The molecule has 2 fully saturated rings. The van der Waals surface area contributed by atoms with Gasteiger partial charge in [0.1, 0.15) is 23.4 Å². The number of anilines is 2. The summed E-state index contributed by atoms with van der Waals surface area (Å²) < 4.78 is 66.5. The number of aliphatic carboxylic acids is 1. The molecular weight excluding hydrogens is 504 g/mol. The molecule has 2 saturated heterocycles. The van der Waals surface area contributed by atoms with Crippen LogP contribution in [0.1, 0.15) is 46.5 Å². The number of hydrogen-bond acceptors (Lipinski definition) is 5. The van der Waals surface area contributed by atoms with Gasteiger partial charge in [-0.3, -0.25) is 4.79 Å². The van der Waals surface area contributed by atoms with Crippen LogP contribution >= 0.6 is 0 Å². The lowest BCUT2D eigenvalue weighted by Crippen LogP contribution is -2.50. The van der Waals surface area contributed by atoms with Crippen LogP contribution < -0.4 is 19.3 Å². The Hall–Kier alpha value is -3.17. The zero-order chi connectivity index (χ0) is 27.6. The number of benzene rings is 2. The molecule has 10 heteroatoms. The Kier molecular flexibility index (Phi) is 8.28. The molecular formula is C28H34F4N2O4. The fraction of sp³-hybridized carbons (Fsp3) is 0.536. The van der Waals surface area contributed by atoms with Gasteiger partial charge < -0.3 is 24.4 Å². The van der Waals surface area contributed by atoms with Crippen LogP contribution in [-0.2, 0) is 4.79 Å². The van der Waals surface area contributed by atoms with Gasteiger partial charge in [-0.2, -0.15) is 13.2 Å². The first-order chi connectivity index (χ1) is 18.0. The fourth-order valence-corrected chi connectivity index (χ4v) is 5.81. The summed E-state index contributed by atoms with van der Waals surface area (Å²) in [6.07, 6.45) is -3.77. The molecule has 38 heavy (non-hydrogen) atoms. The van der Waals surface area contributed by atoms with Crippen molar-refractivity contribution in [1.82, 2.24) is 0 Å². The molecule has 5 atom stereocenters. The molecule has 2 aliphatic rings. The van der Waals surface area contributed by atoms with Crippen molar-refractivity contribution in [3.8, 4) is 11.5 Å². The van der Waals surface area contributed by atoms with Gasteiger partial charge in [0, 0.05) is 49.3 Å². The van der Waals surface area contributed by atoms with Crippen molar-refractivity contribution in [2.75, 3.05) is 23.0 Å². The zero-order valence-electron chi connectivity index (χ0n) is 21.7. The van der Waals surface area contributed by atoms with E-state index in [2.05, 4.69) is 0 Å². The molecule has 0 radical (unpaired) electrons. The van der Waals surface area contributed by atoms with E-state index in [-0.39, 0.29) is 43.4 Å². The average Bonchev–Trinajstić information content (AvgIpc) is 3.25. The van der Waals surface area contributed by atoms with Gasteiger partial charge in [0.15, 0.2) is 0 Å². The summed E-state index contributed by atoms with van der Waals surface area (Å²) in [4.78, 5) is 14.8. The monoisotopic (exact) mass is 538 g/mol. The van der Waals surface area contributed by atoms with Crippen LogP contribution in [-0.4, -0.2) is 54.6 Å². The highest BCUT2D eigenvalue weighted by Crippen LogP contribution is 2.40. The Labute approximate surface area is 220 Å². The molecule has 6 nitrogen and oxygen atoms in total. The van der Waals surface area contributed by atoms with E-state index >= 15 is 0 Å². The number of carboxylic acids is 1. The summed E-state index contributed by atoms with van der Waals surface area (Å²) in [6.45, 7) is 6.15. The van der Waals surface area contributed by atoms with E-state index < -0.39 is 24.1 Å². The second-order valence-corrected chi connectivity index (χ2v) is 10.2. The molecule has 2 aromatic carbocycles. The molecule has 2 aliphatic heterocycles. The lowest BCUT2D eigenvalue weighted by molar-refractivity contribution is -0.169. The standard InChI is InChI=1S/C28H34F4N2O4/c1-4-37-23-9-10-25(29)26(15-23)34-17(2)11-24(12-18(34)3)38-22-7-5-20(6-8-22)33-16-19(28(30,31)32)13-21(33)14-27(35)36/h5-10,15,17-19,21,24H,4,11-14,16H2,1-3H3,(H,35,36)/t17-,18+,19-,21-,24+/m1/s1. The first-order valence-corrected chi connectivity index (χ1v) is 13.0. The van der Waals surface area contributed by atoms with Crippen LogP contribution in [0, 0.1) is 11.7 Å². The minimum absolute atomic E-state index is 0.00456. The van der Waals surface area contributed by atoms with Gasteiger partial charge in [0.25, 0.3) is 0 Å². The summed E-state index contributed by atoms with van der Waals surface area (Å²) >= 11 is 0. The third-order valence-electron chi connectivity index (χ3n) is 7.42. The largest absolute Gasteiger partial charge is 0.494 e. The lowest BCUT2D eigenvalue weighted by Gasteiger charge is -2.44. The van der Waals surface area contributed by atoms with Crippen molar-refractivity contribution >= 4 is 17.3 Å². The van der Waals surface area contributed by atoms with Gasteiger partial charge in [-0.15, -0.1) is 0 Å². The highest BCUT2D eigenvalue weighted by Gasteiger charge is 2.48. The molecule has 0 aliphatic carbocycles. The van der Waals surface area contributed by atoms with Crippen molar-refractivity contribution in [2.24, 2.45) is 5.92 Å². The van der Waals surface area contributed by atoms with Gasteiger partial charge in [-0.25, -0.2) is 4.39 Å². The maximum Gasteiger partial charge on any atom is 0.393 e. The van der Waals surface area contributed by atoms with Crippen molar-refractivity contribution < 1.29 is 36.9 Å². The predicted octanol–water partition coefficient (Wildman–Crippen LogP) is 6.28. The third kappa shape index (κ3) is 6.27. The second kappa shape index (κ2) is 11.3. The van der Waals surface area contributed by atoms with Gasteiger partial charge >= 0.3 is 12.1 Å². The maximum atomic E-state index is 14.7. The number of carbonyl (C=O) groups is 1. The second-order valence-electron chi connectivity index (χ2n) is 10.2. The Morgan fingerprint density at radius 1 is 1.03 bits per heavy atom. The van der Waals surface area contributed by atoms with E-state index in [1.165, 1.54) is 11.0 Å². The average molecular weight is 539 g/mol. The zero-order valence-corrected chi connectivity index (χ0v) is 21.7. The molecule has 0 spiro atoms. The SMILES string of the molecule is CCOc1ccc(F)c(N2[C@H](C)C[C@H](Oc3ccc(N4C[C@H](C(F)(F)F)C[C@@H]4CC(=O)O)cc3)C[C@@H]2C)c1. The van der Waals surface area contributed by atoms with Crippen LogP contribution in [0.25, 0.3) is 0 Å². The molecule has 0 amide bonds. The Morgan fingerprint density at radius 2 is 1.66 bits per heavy atom. The van der Waals surface area contributed by atoms with Crippen molar-refractivity contribution in [2.45, 2.75) is 76.9 Å². The van der Waals surface area contributed by atoms with E-state index in [4.69, 9.17) is 9.47 Å². The quantitative estimate of drug-likeness (QED) is 0.399. The van der Waals surface area contributed by atoms with Gasteiger partial charge in [0.05, 0.1) is 24.6 Å². The van der Waals surface area contributed by atoms with Crippen LogP contribution in [0.2, 0.25) is 0 Å². The predicted molar refractivity (Wildman–Crippen MR) is 137 cm³/mol. The van der Waals surface area contributed by atoms with Crippen molar-refractivity contribution in [1.29, 1.82) is 0 Å². The Morgan fingerprint density at radius 3 is 2.24 bits per heavy atom. The molecule has 2 aromatic rings. The van der Waals surface area contributed by atoms with Gasteiger partial charge in [0.2, 0.25) is 0 Å². The number of hydrogen-bond donors (Lipinski definition) is 1. The van der Waals surface area contributed by atoms with Crippen LogP contribution in [0.15, 0.2) is 42.5 Å². The highest BCUT2D eigenvalue weighted by atomic mass is 19.4. The molecule has 1 N–H and O–H groups in total. The van der Waals surface area contributed by atoms with Crippen molar-refractivity contribution in [3.63, 3.8) is 0 Å². The van der Waals surface area contributed by atoms with E-state index in [0.717, 1.165) is 0 Å². The molecule has 2 heterocycles. The van der Waals surface area contributed by atoms with Crippen molar-refractivity contribution in [3.05, 3.63) is 48.3 Å². The molecule has 0 aromatic heterocycles. The van der Waals surface area contributed by atoms with E-state index in [0.29, 0.717) is 42.3 Å². The topological polar surface area (TPSA) is 62.2 Å². The number of carboxylic acid groups (broad SMARTS) is 1. The summed E-state index contributed by atoms with van der Waals surface area (Å²) in [6, 6.07) is 10.8. The lowest BCUT2D eigenvalue weighted by atomic mass is 9.93. The maximum absolute atomic E-state index is 14.7. The molecule has 0 bridgehead atoms. The summed E-state index contributed by atoms with van der Waals surface area (Å²) in [7, 11) is 0. The summed E-state index contributed by atoms with van der Waals surface area (Å²) in [5.41, 5.74) is 1.04. The van der Waals surface area contributed by atoms with E-state index in [1.807, 2.05) is 25.7 Å². The molecule has 4 rings (SSSR count). The number of ether oxygens (including phenoxy) is 2. The fourth-order valence-electron chi connectivity index (χ4n) is 5.81. The van der Waals surface area contributed by atoms with E-state index in [1.54, 1.807) is 36.4 Å². The molecule has 0 saturated carbocycles. The normalized spacial score (nSPS) is 25.9. The van der Waals surface area contributed by atoms with Gasteiger partial charge in [-0.05, 0) is 63.6 Å². The summed E-state index contributed by atoms with van der Waals surface area (Å²) in [5, 5.41) is 9.18. The van der Waals surface area contributed by atoms with Crippen LogP contribution in [0.5, 0.6) is 11.5 Å². The number of nitrogens with zero attached hydrogens (tertiary/aromatic N) is 2. The first-order valence-electron chi connectivity index (χ1n) is 13.0. The smallest absolute Gasteiger partial charge is 0.393 e. The van der Waals surface area contributed by atoms with E-state index in [9.17, 15) is 27.5 Å². The number of piperidine rings is 1. The minimum Gasteiger partial charge on any atom is -0.494 e. The number of halogens is 4. The third-order valence-corrected chi connectivity index (χ3v) is 7.42. The minimum atomic E-state index is -4.37. The number of rotatable bonds is 8. The first kappa shape index (κ1) is 27.9.